The van der Waals surface area contributed by atoms with Gasteiger partial charge >= 0.3 is 6.18 Å². The van der Waals surface area contributed by atoms with Crippen molar-refractivity contribution < 1.29 is 21.6 Å². The molecule has 1 fully saturated rings. The SMILES string of the molecule is NC(=S)C1CCCCN1S(=O)(=O)CCCC(F)(F)F. The number of sulfonamides is 1. The minimum atomic E-state index is -4.33. The molecule has 1 atom stereocenters. The lowest BCUT2D eigenvalue weighted by atomic mass is 10.1. The fraction of sp³-hybridized carbons (Fsp3) is 0.900. The fourth-order valence-electron chi connectivity index (χ4n) is 2.09. The van der Waals surface area contributed by atoms with Crippen LogP contribution in [0.3, 0.4) is 0 Å². The highest BCUT2D eigenvalue weighted by molar-refractivity contribution is 7.89. The van der Waals surface area contributed by atoms with Crippen molar-refractivity contribution in [1.82, 2.24) is 4.31 Å². The van der Waals surface area contributed by atoms with Crippen molar-refractivity contribution >= 4 is 27.2 Å². The molecular formula is C10H17F3N2O2S2. The van der Waals surface area contributed by atoms with E-state index in [-0.39, 0.29) is 11.5 Å². The summed E-state index contributed by atoms with van der Waals surface area (Å²) in [6, 6.07) is -0.556. The monoisotopic (exact) mass is 318 g/mol. The predicted octanol–water partition coefficient (Wildman–Crippen LogP) is 1.80. The zero-order valence-corrected chi connectivity index (χ0v) is 12.0. The van der Waals surface area contributed by atoms with E-state index < -0.39 is 40.8 Å². The van der Waals surface area contributed by atoms with E-state index in [1.807, 2.05) is 0 Å². The van der Waals surface area contributed by atoms with Gasteiger partial charge in [0.2, 0.25) is 10.0 Å². The van der Waals surface area contributed by atoms with Crippen molar-refractivity contribution in [3.8, 4) is 0 Å². The Labute approximate surface area is 116 Å². The number of halogens is 3. The highest BCUT2D eigenvalue weighted by Crippen LogP contribution is 2.25. The summed E-state index contributed by atoms with van der Waals surface area (Å²) in [6.07, 6.45) is -3.84. The average Bonchev–Trinajstić information content (AvgIpc) is 2.27. The number of nitrogens with zero attached hydrogens (tertiary/aromatic N) is 1. The van der Waals surface area contributed by atoms with Crippen LogP contribution in [0.15, 0.2) is 0 Å². The second-order valence-electron chi connectivity index (χ2n) is 4.56. The highest BCUT2D eigenvalue weighted by atomic mass is 32.2. The van der Waals surface area contributed by atoms with Crippen molar-refractivity contribution in [3.63, 3.8) is 0 Å². The van der Waals surface area contributed by atoms with E-state index in [1.165, 1.54) is 0 Å². The summed E-state index contributed by atoms with van der Waals surface area (Å²) in [6.45, 7) is 0.274. The third-order valence-corrected chi connectivity index (χ3v) is 5.23. The molecule has 0 aliphatic carbocycles. The first-order chi connectivity index (χ1) is 8.63. The van der Waals surface area contributed by atoms with Crippen LogP contribution in [0.25, 0.3) is 0 Å². The first-order valence-electron chi connectivity index (χ1n) is 5.99. The van der Waals surface area contributed by atoms with Crippen molar-refractivity contribution in [3.05, 3.63) is 0 Å². The molecule has 1 heterocycles. The molecule has 0 aromatic carbocycles. The van der Waals surface area contributed by atoms with Gasteiger partial charge in [-0.1, -0.05) is 18.6 Å². The summed E-state index contributed by atoms with van der Waals surface area (Å²) in [7, 11) is -3.73. The Balaban J connectivity index is 2.66. The molecule has 1 aliphatic heterocycles. The Morgan fingerprint density at radius 3 is 2.53 bits per heavy atom. The molecule has 4 nitrogen and oxygen atoms in total. The Hall–Kier alpha value is -0.410. The van der Waals surface area contributed by atoms with E-state index in [2.05, 4.69) is 0 Å². The summed E-state index contributed by atoms with van der Waals surface area (Å²) in [4.78, 5) is 0.0825. The molecule has 1 unspecified atom stereocenters. The van der Waals surface area contributed by atoms with Gasteiger partial charge in [0.05, 0.1) is 16.8 Å². The molecule has 0 radical (unpaired) electrons. The number of rotatable bonds is 5. The van der Waals surface area contributed by atoms with Gasteiger partial charge in [-0.05, 0) is 19.3 Å². The standard InChI is InChI=1S/C10H17F3N2O2S2/c11-10(12,13)5-3-7-19(16,17)15-6-2-1-4-8(15)9(14)18/h8H,1-7H2,(H2,14,18). The van der Waals surface area contributed by atoms with Crippen LogP contribution < -0.4 is 5.73 Å². The third-order valence-electron chi connectivity index (χ3n) is 3.00. The first-order valence-corrected chi connectivity index (χ1v) is 8.01. The number of thiocarbonyl (C=S) groups is 1. The van der Waals surface area contributed by atoms with Crippen LogP contribution in [0.5, 0.6) is 0 Å². The Kier molecular flexibility index (Phi) is 5.57. The molecule has 19 heavy (non-hydrogen) atoms. The molecular weight excluding hydrogens is 301 g/mol. The van der Waals surface area contributed by atoms with Gasteiger partial charge in [-0.25, -0.2) is 8.42 Å². The van der Waals surface area contributed by atoms with Crippen LogP contribution >= 0.6 is 12.2 Å². The Bertz CT molecular complexity index is 423. The van der Waals surface area contributed by atoms with E-state index in [4.69, 9.17) is 18.0 Å². The van der Waals surface area contributed by atoms with E-state index in [0.717, 1.165) is 10.7 Å². The first kappa shape index (κ1) is 16.6. The molecule has 0 amide bonds. The minimum Gasteiger partial charge on any atom is -0.392 e. The maximum Gasteiger partial charge on any atom is 0.389 e. The van der Waals surface area contributed by atoms with Crippen molar-refractivity contribution in [1.29, 1.82) is 0 Å². The molecule has 0 aromatic rings. The fourth-order valence-corrected chi connectivity index (χ4v) is 4.16. The minimum absolute atomic E-state index is 0.0825. The summed E-state index contributed by atoms with van der Waals surface area (Å²) in [5.74, 6) is -0.522. The lowest BCUT2D eigenvalue weighted by Gasteiger charge is -2.33. The van der Waals surface area contributed by atoms with Crippen molar-refractivity contribution in [2.75, 3.05) is 12.3 Å². The molecule has 0 aromatic heterocycles. The van der Waals surface area contributed by atoms with E-state index in [0.29, 0.717) is 12.8 Å². The molecule has 0 spiro atoms. The lowest BCUT2D eigenvalue weighted by Crippen LogP contribution is -2.50. The molecule has 112 valence electrons. The number of alkyl halides is 3. The van der Waals surface area contributed by atoms with E-state index in [1.54, 1.807) is 0 Å². The molecule has 1 aliphatic rings. The van der Waals surface area contributed by atoms with E-state index >= 15 is 0 Å². The van der Waals surface area contributed by atoms with Gasteiger partial charge in [-0.15, -0.1) is 0 Å². The number of hydrogen-bond acceptors (Lipinski definition) is 3. The summed E-state index contributed by atoms with van der Waals surface area (Å²) in [5, 5.41) is 0. The molecule has 0 bridgehead atoms. The van der Waals surface area contributed by atoms with Crippen molar-refractivity contribution in [2.24, 2.45) is 5.73 Å². The second-order valence-corrected chi connectivity index (χ2v) is 7.07. The predicted molar refractivity (Wildman–Crippen MR) is 70.2 cm³/mol. The topological polar surface area (TPSA) is 63.4 Å². The quantitative estimate of drug-likeness (QED) is 0.785. The normalized spacial score (nSPS) is 22.4. The maximum atomic E-state index is 12.0. The van der Waals surface area contributed by atoms with Gasteiger partial charge in [0, 0.05) is 13.0 Å². The highest BCUT2D eigenvalue weighted by Gasteiger charge is 2.34. The maximum absolute atomic E-state index is 12.0. The van der Waals surface area contributed by atoms with Gasteiger partial charge in [0.15, 0.2) is 0 Å². The van der Waals surface area contributed by atoms with Gasteiger partial charge in [0.25, 0.3) is 0 Å². The van der Waals surface area contributed by atoms with Gasteiger partial charge in [-0.3, -0.25) is 0 Å². The number of hydrogen-bond donors (Lipinski definition) is 1. The second kappa shape index (κ2) is 6.36. The molecule has 9 heteroatoms. The zero-order valence-electron chi connectivity index (χ0n) is 10.3. The van der Waals surface area contributed by atoms with Crippen LogP contribution in [-0.4, -0.2) is 42.2 Å². The average molecular weight is 318 g/mol. The van der Waals surface area contributed by atoms with Crippen LogP contribution in [0.4, 0.5) is 13.2 Å². The van der Waals surface area contributed by atoms with Gasteiger partial charge in [-0.2, -0.15) is 17.5 Å². The van der Waals surface area contributed by atoms with Gasteiger partial charge in [0.1, 0.15) is 0 Å². The summed E-state index contributed by atoms with van der Waals surface area (Å²) < 4.78 is 61.3. The van der Waals surface area contributed by atoms with Crippen LogP contribution in [-0.2, 0) is 10.0 Å². The summed E-state index contributed by atoms with van der Waals surface area (Å²) in [5.41, 5.74) is 5.50. The molecule has 1 saturated heterocycles. The Morgan fingerprint density at radius 2 is 2.00 bits per heavy atom. The molecule has 1 rings (SSSR count). The van der Waals surface area contributed by atoms with Gasteiger partial charge < -0.3 is 5.73 Å². The van der Waals surface area contributed by atoms with E-state index in [9.17, 15) is 21.6 Å². The number of nitrogens with two attached hydrogens (primary N) is 1. The molecule has 0 saturated carbocycles. The molecule has 2 N–H and O–H groups in total. The zero-order chi connectivity index (χ0) is 14.7. The summed E-state index contributed by atoms with van der Waals surface area (Å²) >= 11 is 4.82. The smallest absolute Gasteiger partial charge is 0.389 e. The van der Waals surface area contributed by atoms with Crippen LogP contribution in [0.1, 0.15) is 32.1 Å². The number of piperidine rings is 1. The van der Waals surface area contributed by atoms with Crippen molar-refractivity contribution in [2.45, 2.75) is 44.3 Å². The Morgan fingerprint density at radius 1 is 1.37 bits per heavy atom. The third kappa shape index (κ3) is 5.23. The van der Waals surface area contributed by atoms with Crippen LogP contribution in [0, 0.1) is 0 Å². The van der Waals surface area contributed by atoms with Crippen LogP contribution in [0.2, 0.25) is 0 Å². The largest absolute Gasteiger partial charge is 0.392 e. The lowest BCUT2D eigenvalue weighted by molar-refractivity contribution is -0.134.